The molecule has 8 saturated heterocycles. The number of aromatic nitrogens is 12. The Bertz CT molecular complexity index is 6040. The molecule has 16 rings (SSSR count). The summed E-state index contributed by atoms with van der Waals surface area (Å²) in [6.45, 7) is 3.95. The molecule has 5 unspecified atom stereocenters. The molecule has 0 saturated carbocycles. The van der Waals surface area contributed by atoms with Gasteiger partial charge < -0.3 is 121 Å². The first-order valence-electron chi connectivity index (χ1n) is 43.1. The maximum absolute atomic E-state index is 12.9. The zero-order valence-corrected chi connectivity index (χ0v) is 72.2. The molecule has 135 heavy (non-hydrogen) atoms. The van der Waals surface area contributed by atoms with E-state index >= 15 is 0 Å². The number of rotatable bonds is 27. The van der Waals surface area contributed by atoms with E-state index < -0.39 is 217 Å². The summed E-state index contributed by atoms with van der Waals surface area (Å²) in [6.07, 6.45) is -4.36. The Morgan fingerprint density at radius 1 is 0.378 bits per heavy atom. The summed E-state index contributed by atoms with van der Waals surface area (Å²) in [6, 6.07) is 12.6. The van der Waals surface area contributed by atoms with Gasteiger partial charge >= 0.3 is 34.1 Å². The Kier molecular flexibility index (Phi) is 35.5. The highest BCUT2D eigenvalue weighted by molar-refractivity contribution is 5.95. The van der Waals surface area contributed by atoms with Crippen molar-refractivity contribution in [1.82, 2.24) is 88.8 Å². The van der Waals surface area contributed by atoms with Crippen LogP contribution < -0.4 is 88.5 Å². The van der Waals surface area contributed by atoms with Crippen molar-refractivity contribution < 1.29 is 117 Å². The second kappa shape index (κ2) is 47.2. The lowest BCUT2D eigenvalue weighted by Crippen LogP contribution is -2.43. The molecule has 734 valence electrons. The average Bonchev–Trinajstić information content (AvgIpc) is 0.955. The number of fused-ring (bicyclic) bond motifs is 1. The first kappa shape index (κ1) is 102. The third-order valence-corrected chi connectivity index (χ3v) is 23.0. The zero-order valence-electron chi connectivity index (χ0n) is 72.2. The number of nitrogens with one attached hydrogen (secondary N) is 11. The van der Waals surface area contributed by atoms with E-state index in [1.54, 1.807) is 24.3 Å². The van der Waals surface area contributed by atoms with Crippen LogP contribution >= 0.6 is 0 Å². The number of amides is 5. The topological polar surface area (TPSA) is 737 Å². The van der Waals surface area contributed by atoms with Gasteiger partial charge in [0, 0.05) is 135 Å². The van der Waals surface area contributed by atoms with Crippen LogP contribution in [0.1, 0.15) is 146 Å². The van der Waals surface area contributed by atoms with Gasteiger partial charge in [0.05, 0.1) is 100 Å². The van der Waals surface area contributed by atoms with E-state index in [1.165, 1.54) is 28.8 Å². The summed E-state index contributed by atoms with van der Waals surface area (Å²) in [5.74, 6) is -3.72. The number of benzene rings is 2. The van der Waals surface area contributed by atoms with Gasteiger partial charge in [-0.3, -0.25) is 105 Å². The Labute approximate surface area is 757 Å². The summed E-state index contributed by atoms with van der Waals surface area (Å²) in [4.78, 5) is 209. The van der Waals surface area contributed by atoms with Crippen LogP contribution in [-0.4, -0.2) is 321 Å². The average molecular weight is 1910 g/mol. The van der Waals surface area contributed by atoms with Crippen LogP contribution in [0, 0.1) is 5.82 Å². The second-order valence-corrected chi connectivity index (χ2v) is 32.2. The number of aliphatic hydroxyl groups excluding tert-OH is 10. The molecule has 8 aromatic rings. The second-order valence-electron chi connectivity index (χ2n) is 32.2. The monoisotopic (exact) mass is 1900 g/mol. The number of hydrogen-bond donors (Lipinski definition) is 21. The lowest BCUT2D eigenvalue weighted by Gasteiger charge is -2.26. The van der Waals surface area contributed by atoms with E-state index in [0.717, 1.165) is 92.6 Å². The Morgan fingerprint density at radius 3 is 1.00 bits per heavy atom. The number of hydrogen-bond acceptors (Lipinski definition) is 35. The molecule has 0 radical (unpaired) electrons. The molecule has 0 spiro atoms. The molecule has 5 amide bonds. The van der Waals surface area contributed by atoms with Crippen LogP contribution in [0.3, 0.4) is 0 Å². The van der Waals surface area contributed by atoms with Crippen molar-refractivity contribution >= 4 is 40.6 Å². The van der Waals surface area contributed by atoms with E-state index in [-0.39, 0.29) is 111 Å². The predicted molar refractivity (Wildman–Crippen MR) is 459 cm³/mol. The number of aromatic amines is 6. The molecular weight excluding hydrogens is 1800 g/mol. The molecule has 6 aromatic heterocycles. The van der Waals surface area contributed by atoms with Gasteiger partial charge in [-0.05, 0) is 55.5 Å². The molecule has 52 nitrogen and oxygen atoms in total. The number of morpholine rings is 1. The largest absolute Gasteiger partial charge is 0.394 e. The Hall–Kier alpha value is -12.4. The van der Waals surface area contributed by atoms with E-state index in [0.29, 0.717) is 56.1 Å². The van der Waals surface area contributed by atoms with E-state index in [4.69, 9.17) is 58.3 Å². The molecule has 53 heteroatoms. The number of carbonyl (C=O) groups excluding carboxylic acids is 5. The van der Waals surface area contributed by atoms with Crippen LogP contribution in [0.2, 0.25) is 0 Å². The number of nitrogens with zero attached hydrogens (tertiary/aromatic N) is 7. The molecule has 17 atom stereocenters. The quantitative estimate of drug-likeness (QED) is 0.0227. The fraction of sp³-hybridized carbons (Fsp3) is 0.537. The highest BCUT2D eigenvalue weighted by atomic mass is 19.1. The first-order valence-corrected chi connectivity index (χ1v) is 43.1. The molecular formula is C82H105FN18O34. The Morgan fingerprint density at radius 2 is 0.689 bits per heavy atom. The maximum atomic E-state index is 12.9. The van der Waals surface area contributed by atoms with Crippen LogP contribution in [0.25, 0.3) is 11.0 Å². The van der Waals surface area contributed by atoms with E-state index in [9.17, 15) is 112 Å². The minimum Gasteiger partial charge on any atom is -0.394 e. The number of ether oxygens (including phenoxy) is 8. The minimum atomic E-state index is -0.986. The third-order valence-electron chi connectivity index (χ3n) is 23.0. The number of carbonyl (C=O) groups is 5. The standard InChI is InChI=1S/C19H21N5O7.C17H18FN3O6.C16H24N4O7.2C15H21N3O7/c25-9-14-13(26)7-15(31-14)24-8-10(17(28)22-19(24)30)16(27)20-5-6-23-12-4-2-1-3-11(12)21-18(23)29;18-10-3-1-9(2-4-10)6-19-15(24)11-7-21(17(26)20-16(11)25)14-5-12(23)13(8-22)27-14;21-9-12-11(22)7-13(27-12)20-8-10(15(24)18-16(20)25)14(23)17-1-2-19-3-5-26-6-4-19;2*19-7-11-10(20)4-12(25-11)18-6-9(14(22)17-15(18)23)13(21)16-5-8-2-1-3-24-8/h1-4,8,13-15,25-26H,5-7,9H2,(H,20,27)(H,21,29)(H,22,28,30);1-4,7,12-14,22-23H,5-6,8H2,(H,19,24)(H,20,25,26);8,11-13,21-22H,1-7,9H2,(H,17,23)(H,18,24,25);2*6,8,10-12,19-20H,1-5,7H2,(H,16,21)(H,17,22,23)/t13?,14-,15-;12?,13-,14-;11?,12-,13-;8-,10?,11+,12+;8-,10?,11-,12-/m11101/s1. The summed E-state index contributed by atoms with van der Waals surface area (Å²) in [7, 11) is 0. The van der Waals surface area contributed by atoms with Crippen molar-refractivity contribution in [3.05, 3.63) is 233 Å². The van der Waals surface area contributed by atoms with Crippen LogP contribution in [0.15, 0.2) is 132 Å². The molecule has 8 aliphatic rings. The minimum absolute atomic E-state index is 0.0156. The summed E-state index contributed by atoms with van der Waals surface area (Å²) < 4.78 is 62.6. The summed E-state index contributed by atoms with van der Waals surface area (Å²) in [5.41, 5.74) is -7.67. The van der Waals surface area contributed by atoms with Crippen molar-refractivity contribution in [3.8, 4) is 0 Å². The number of aliphatic hydroxyl groups is 10. The molecule has 2 aromatic carbocycles. The van der Waals surface area contributed by atoms with Gasteiger partial charge in [0.15, 0.2) is 0 Å². The van der Waals surface area contributed by atoms with Gasteiger partial charge in [-0.25, -0.2) is 33.2 Å². The maximum Gasteiger partial charge on any atom is 0.330 e. The smallest absolute Gasteiger partial charge is 0.330 e. The molecule has 21 N–H and O–H groups in total. The van der Waals surface area contributed by atoms with Crippen molar-refractivity contribution in [2.24, 2.45) is 0 Å². The third kappa shape index (κ3) is 25.8. The van der Waals surface area contributed by atoms with Gasteiger partial charge in [0.2, 0.25) is 0 Å². The van der Waals surface area contributed by atoms with E-state index in [1.807, 2.05) is 4.98 Å². The van der Waals surface area contributed by atoms with Gasteiger partial charge in [0.1, 0.15) is 95.3 Å². The fourth-order valence-corrected chi connectivity index (χ4v) is 15.6. The number of imidazole rings is 1. The van der Waals surface area contributed by atoms with Crippen LogP contribution in [-0.2, 0) is 51.0 Å². The number of H-pyrrole nitrogens is 6. The molecule has 14 heterocycles. The highest BCUT2D eigenvalue weighted by Crippen LogP contribution is 2.32. The zero-order chi connectivity index (χ0) is 97.0. The first-order chi connectivity index (χ1) is 64.7. The van der Waals surface area contributed by atoms with Crippen molar-refractivity contribution in [3.63, 3.8) is 0 Å². The Balaban J connectivity index is 0.000000152. The normalized spacial score (nSPS) is 25.2. The van der Waals surface area contributed by atoms with Gasteiger partial charge in [-0.2, -0.15) is 0 Å². The van der Waals surface area contributed by atoms with Crippen LogP contribution in [0.4, 0.5) is 4.39 Å². The van der Waals surface area contributed by atoms with Crippen molar-refractivity contribution in [2.75, 3.05) is 105 Å². The fourth-order valence-electron chi connectivity index (χ4n) is 15.6. The van der Waals surface area contributed by atoms with Crippen molar-refractivity contribution in [2.45, 2.75) is 175 Å². The predicted octanol–water partition coefficient (Wildman–Crippen LogP) is -9.09. The lowest BCUT2D eigenvalue weighted by molar-refractivity contribution is -0.0459. The van der Waals surface area contributed by atoms with Crippen LogP contribution in [0.5, 0.6) is 0 Å². The van der Waals surface area contributed by atoms with Gasteiger partial charge in [-0.15, -0.1) is 0 Å². The summed E-state index contributed by atoms with van der Waals surface area (Å²) >= 11 is 0. The van der Waals surface area contributed by atoms with E-state index in [2.05, 4.69) is 56.4 Å². The number of para-hydroxylation sites is 2. The number of halogens is 1. The lowest BCUT2D eigenvalue weighted by atomic mass is 10.2. The van der Waals surface area contributed by atoms with Gasteiger partial charge in [0.25, 0.3) is 57.3 Å². The molecule has 0 aliphatic carbocycles. The van der Waals surface area contributed by atoms with Crippen molar-refractivity contribution in [1.29, 1.82) is 0 Å². The SMILES string of the molecule is O=C(NCCN1CCOCC1)c1cn([C@H]2CC(O)[C@@H](CO)O2)c(=O)[nH]c1=O.O=C(NCCn1c(=O)[nH]c2ccccc21)c1cn([C@H]2CC(O)[C@@H](CO)O2)c(=O)[nH]c1=O.O=C(NC[C@@H]1CCCO1)c1cn([C@H]2CC(O)[C@@H](CO)O2)c(=O)[nH]c1=O.O=C(NC[C@H]1CCCO1)c1cn([C@H]2CC(O)[C@@H](CO)O2)c(=O)[nH]c1=O.O=C(NCc1ccc(F)cc1)c1cn([C@H]2CC(O)[C@@H](CO)O2)c(=O)[nH]c1=O. The highest BCUT2D eigenvalue weighted by Gasteiger charge is 2.41. The molecule has 8 fully saturated rings. The molecule has 0 bridgehead atoms. The van der Waals surface area contributed by atoms with Gasteiger partial charge in [-0.1, -0.05) is 24.3 Å². The molecule has 8 aliphatic heterocycles. The summed E-state index contributed by atoms with van der Waals surface area (Å²) in [5, 5.41) is 108.